The molecule has 0 bridgehead atoms. The van der Waals surface area contributed by atoms with Gasteiger partial charge in [0, 0.05) is 24.5 Å². The van der Waals surface area contributed by atoms with Crippen LogP contribution in [0.15, 0.2) is 17.5 Å². The molecule has 3 heteroatoms. The smallest absolute Gasteiger partial charge is 0.0328 e. The van der Waals surface area contributed by atoms with Gasteiger partial charge in [-0.1, -0.05) is 19.9 Å². The molecule has 0 aromatic carbocycles. The molecule has 1 aromatic rings. The van der Waals surface area contributed by atoms with Crippen molar-refractivity contribution >= 4 is 11.3 Å². The lowest BCUT2D eigenvalue weighted by atomic mass is 10.4. The predicted octanol–water partition coefficient (Wildman–Crippen LogP) is 2.18. The van der Waals surface area contributed by atoms with Gasteiger partial charge in [-0.05, 0) is 24.5 Å². The molecular formula is C11H20N2S. The molecule has 0 amide bonds. The molecule has 14 heavy (non-hydrogen) atoms. The molecular weight excluding hydrogens is 192 g/mol. The van der Waals surface area contributed by atoms with E-state index in [0.717, 1.165) is 32.7 Å². The second kappa shape index (κ2) is 6.98. The Morgan fingerprint density at radius 2 is 2.29 bits per heavy atom. The number of hydrogen-bond acceptors (Lipinski definition) is 3. The Balaban J connectivity index is 2.24. The summed E-state index contributed by atoms with van der Waals surface area (Å²) < 4.78 is 0. The zero-order valence-electron chi connectivity index (χ0n) is 9.12. The maximum absolute atomic E-state index is 3.35. The molecule has 0 aliphatic rings. The van der Waals surface area contributed by atoms with Crippen LogP contribution in [0.5, 0.6) is 0 Å². The van der Waals surface area contributed by atoms with Gasteiger partial charge in [-0.3, -0.25) is 4.90 Å². The molecule has 80 valence electrons. The Labute approximate surface area is 90.9 Å². The molecule has 1 heterocycles. The van der Waals surface area contributed by atoms with Crippen molar-refractivity contribution in [3.8, 4) is 0 Å². The summed E-state index contributed by atoms with van der Waals surface area (Å²) in [6.07, 6.45) is 0. The van der Waals surface area contributed by atoms with E-state index in [2.05, 4.69) is 41.6 Å². The van der Waals surface area contributed by atoms with Crippen molar-refractivity contribution in [2.45, 2.75) is 20.4 Å². The monoisotopic (exact) mass is 212 g/mol. The lowest BCUT2D eigenvalue weighted by Crippen LogP contribution is -2.31. The molecule has 0 unspecified atom stereocenters. The van der Waals surface area contributed by atoms with Crippen molar-refractivity contribution < 1.29 is 0 Å². The van der Waals surface area contributed by atoms with Crippen LogP contribution >= 0.6 is 11.3 Å². The van der Waals surface area contributed by atoms with Crippen LogP contribution in [0.3, 0.4) is 0 Å². The Morgan fingerprint density at radius 3 is 2.86 bits per heavy atom. The zero-order valence-corrected chi connectivity index (χ0v) is 9.94. The number of nitrogens with zero attached hydrogens (tertiary/aromatic N) is 1. The van der Waals surface area contributed by atoms with Crippen molar-refractivity contribution in [3.05, 3.63) is 22.4 Å². The van der Waals surface area contributed by atoms with Crippen molar-refractivity contribution in [1.82, 2.24) is 10.2 Å². The van der Waals surface area contributed by atoms with Gasteiger partial charge in [-0.25, -0.2) is 0 Å². The van der Waals surface area contributed by atoms with Gasteiger partial charge >= 0.3 is 0 Å². The molecule has 1 N–H and O–H groups in total. The van der Waals surface area contributed by atoms with E-state index < -0.39 is 0 Å². The van der Waals surface area contributed by atoms with Gasteiger partial charge in [0.2, 0.25) is 0 Å². The minimum Gasteiger partial charge on any atom is -0.316 e. The van der Waals surface area contributed by atoms with E-state index in [9.17, 15) is 0 Å². The third-order valence-corrected chi connectivity index (χ3v) is 3.12. The largest absolute Gasteiger partial charge is 0.316 e. The SMILES string of the molecule is CCNCCN(CC)Cc1cccs1. The van der Waals surface area contributed by atoms with Crippen molar-refractivity contribution in [2.24, 2.45) is 0 Å². The Morgan fingerprint density at radius 1 is 1.43 bits per heavy atom. The van der Waals surface area contributed by atoms with Crippen molar-refractivity contribution in [2.75, 3.05) is 26.2 Å². The van der Waals surface area contributed by atoms with Gasteiger partial charge in [0.1, 0.15) is 0 Å². The third-order valence-electron chi connectivity index (χ3n) is 2.26. The molecule has 0 saturated heterocycles. The third kappa shape index (κ3) is 4.22. The van der Waals surface area contributed by atoms with E-state index in [1.54, 1.807) is 0 Å². The van der Waals surface area contributed by atoms with E-state index in [0.29, 0.717) is 0 Å². The minimum atomic E-state index is 1.07. The molecule has 0 aliphatic carbocycles. The lowest BCUT2D eigenvalue weighted by molar-refractivity contribution is 0.282. The number of thiophene rings is 1. The summed E-state index contributed by atoms with van der Waals surface area (Å²) in [5, 5.41) is 5.50. The highest BCUT2D eigenvalue weighted by Crippen LogP contribution is 2.11. The second-order valence-electron chi connectivity index (χ2n) is 3.30. The summed E-state index contributed by atoms with van der Waals surface area (Å²) in [6, 6.07) is 4.33. The van der Waals surface area contributed by atoms with E-state index in [1.165, 1.54) is 4.88 Å². The molecule has 0 fully saturated rings. The van der Waals surface area contributed by atoms with Crippen LogP contribution in [-0.4, -0.2) is 31.1 Å². The number of nitrogens with one attached hydrogen (secondary N) is 1. The fourth-order valence-electron chi connectivity index (χ4n) is 1.39. The van der Waals surface area contributed by atoms with E-state index >= 15 is 0 Å². The van der Waals surface area contributed by atoms with E-state index in [1.807, 2.05) is 11.3 Å². The topological polar surface area (TPSA) is 15.3 Å². The molecule has 0 spiro atoms. The first-order valence-electron chi connectivity index (χ1n) is 5.32. The van der Waals surface area contributed by atoms with E-state index in [-0.39, 0.29) is 0 Å². The number of rotatable bonds is 7. The van der Waals surface area contributed by atoms with Gasteiger partial charge in [0.15, 0.2) is 0 Å². The van der Waals surface area contributed by atoms with Crippen molar-refractivity contribution in [3.63, 3.8) is 0 Å². The summed E-state index contributed by atoms with van der Waals surface area (Å²) in [5.74, 6) is 0. The van der Waals surface area contributed by atoms with Gasteiger partial charge in [-0.15, -0.1) is 11.3 Å². The number of hydrogen-bond donors (Lipinski definition) is 1. The van der Waals surface area contributed by atoms with Crippen LogP contribution < -0.4 is 5.32 Å². The average molecular weight is 212 g/mol. The summed E-state index contributed by atoms with van der Waals surface area (Å²) >= 11 is 1.84. The van der Waals surface area contributed by atoms with Crippen molar-refractivity contribution in [1.29, 1.82) is 0 Å². The van der Waals surface area contributed by atoms with Crippen LogP contribution in [-0.2, 0) is 6.54 Å². The number of likely N-dealkylation sites (N-methyl/N-ethyl adjacent to an activating group) is 2. The summed E-state index contributed by atoms with van der Waals surface area (Å²) in [7, 11) is 0. The first-order chi connectivity index (χ1) is 6.86. The van der Waals surface area contributed by atoms with Crippen LogP contribution in [0.2, 0.25) is 0 Å². The highest BCUT2D eigenvalue weighted by atomic mass is 32.1. The molecule has 0 radical (unpaired) electrons. The summed E-state index contributed by atoms with van der Waals surface area (Å²) in [6.45, 7) is 9.90. The van der Waals surface area contributed by atoms with Crippen LogP contribution in [0.4, 0.5) is 0 Å². The summed E-state index contributed by atoms with van der Waals surface area (Å²) in [5.41, 5.74) is 0. The highest BCUT2D eigenvalue weighted by Gasteiger charge is 2.03. The minimum absolute atomic E-state index is 1.07. The maximum atomic E-state index is 3.35. The van der Waals surface area contributed by atoms with Gasteiger partial charge in [-0.2, -0.15) is 0 Å². The van der Waals surface area contributed by atoms with Crippen LogP contribution in [0, 0.1) is 0 Å². The van der Waals surface area contributed by atoms with Gasteiger partial charge < -0.3 is 5.32 Å². The fourth-order valence-corrected chi connectivity index (χ4v) is 2.13. The van der Waals surface area contributed by atoms with Gasteiger partial charge in [0.05, 0.1) is 0 Å². The second-order valence-corrected chi connectivity index (χ2v) is 4.33. The molecule has 0 saturated carbocycles. The summed E-state index contributed by atoms with van der Waals surface area (Å²) in [4.78, 5) is 3.93. The Bertz CT molecular complexity index is 221. The van der Waals surface area contributed by atoms with Crippen LogP contribution in [0.1, 0.15) is 18.7 Å². The predicted molar refractivity (Wildman–Crippen MR) is 63.8 cm³/mol. The quantitative estimate of drug-likeness (QED) is 0.697. The van der Waals surface area contributed by atoms with Gasteiger partial charge in [0.25, 0.3) is 0 Å². The van der Waals surface area contributed by atoms with Crippen LogP contribution in [0.25, 0.3) is 0 Å². The first-order valence-corrected chi connectivity index (χ1v) is 6.20. The zero-order chi connectivity index (χ0) is 10.2. The molecule has 0 atom stereocenters. The molecule has 1 aromatic heterocycles. The Kier molecular flexibility index (Phi) is 5.83. The average Bonchev–Trinajstić information content (AvgIpc) is 2.69. The molecule has 2 nitrogen and oxygen atoms in total. The first kappa shape index (κ1) is 11.7. The normalized spacial score (nSPS) is 11.1. The maximum Gasteiger partial charge on any atom is 0.0328 e. The fraction of sp³-hybridized carbons (Fsp3) is 0.636. The lowest BCUT2D eigenvalue weighted by Gasteiger charge is -2.19. The Hall–Kier alpha value is -0.380. The standard InChI is InChI=1S/C11H20N2S/c1-3-12-7-8-13(4-2)10-11-6-5-9-14-11/h5-6,9,12H,3-4,7-8,10H2,1-2H3. The van der Waals surface area contributed by atoms with E-state index in [4.69, 9.17) is 0 Å². The highest BCUT2D eigenvalue weighted by molar-refractivity contribution is 7.09. The molecule has 0 aliphatic heterocycles. The molecule has 1 rings (SSSR count).